The number of hydrogen-bond acceptors (Lipinski definition) is 5. The van der Waals surface area contributed by atoms with E-state index in [9.17, 15) is 9.59 Å². The van der Waals surface area contributed by atoms with Crippen LogP contribution in [0.2, 0.25) is 0 Å². The van der Waals surface area contributed by atoms with Crippen molar-refractivity contribution in [1.29, 1.82) is 0 Å². The third-order valence-electron chi connectivity index (χ3n) is 4.34. The molecule has 1 amide bonds. The van der Waals surface area contributed by atoms with Crippen molar-refractivity contribution < 1.29 is 18.7 Å². The van der Waals surface area contributed by atoms with Gasteiger partial charge in [0.2, 0.25) is 5.91 Å². The number of aromatic nitrogens is 1. The molecule has 1 aromatic heterocycles. The van der Waals surface area contributed by atoms with Gasteiger partial charge in [0.05, 0.1) is 19.7 Å². The highest BCUT2D eigenvalue weighted by molar-refractivity contribution is 5.76. The lowest BCUT2D eigenvalue weighted by atomic mass is 10.1. The van der Waals surface area contributed by atoms with E-state index in [1.165, 1.54) is 4.57 Å². The highest BCUT2D eigenvalue weighted by Gasteiger charge is 2.11. The molecule has 0 spiro atoms. The molecule has 0 radical (unpaired) electrons. The molecule has 1 N–H and O–H groups in total. The van der Waals surface area contributed by atoms with Crippen molar-refractivity contribution in [3.05, 3.63) is 58.6 Å². The van der Waals surface area contributed by atoms with Crippen molar-refractivity contribution in [1.82, 2.24) is 9.88 Å². The quantitative estimate of drug-likeness (QED) is 0.658. The Morgan fingerprint density at radius 1 is 1.15 bits per heavy atom. The maximum Gasteiger partial charge on any atom is 0.419 e. The second kappa shape index (κ2) is 8.44. The van der Waals surface area contributed by atoms with E-state index < -0.39 is 5.76 Å². The van der Waals surface area contributed by atoms with E-state index >= 15 is 0 Å². The van der Waals surface area contributed by atoms with Crippen LogP contribution in [0.5, 0.6) is 11.5 Å². The van der Waals surface area contributed by atoms with Crippen LogP contribution in [-0.4, -0.2) is 31.2 Å². The van der Waals surface area contributed by atoms with Crippen molar-refractivity contribution in [3.8, 4) is 11.5 Å². The SMILES string of the molecule is COc1ccc(OC)c(CCNC(=O)CCn2c(=O)oc3ccccc32)c1. The summed E-state index contributed by atoms with van der Waals surface area (Å²) in [6.07, 6.45) is 0.805. The summed E-state index contributed by atoms with van der Waals surface area (Å²) in [5.41, 5.74) is 2.17. The van der Waals surface area contributed by atoms with Crippen LogP contribution in [0, 0.1) is 0 Å². The number of oxazole rings is 1. The van der Waals surface area contributed by atoms with Gasteiger partial charge in [0.15, 0.2) is 5.58 Å². The number of fused-ring (bicyclic) bond motifs is 1. The second-order valence-electron chi connectivity index (χ2n) is 6.02. The van der Waals surface area contributed by atoms with Crippen LogP contribution in [0.1, 0.15) is 12.0 Å². The minimum Gasteiger partial charge on any atom is -0.497 e. The summed E-state index contributed by atoms with van der Waals surface area (Å²) in [7, 11) is 3.21. The van der Waals surface area contributed by atoms with E-state index in [4.69, 9.17) is 13.9 Å². The summed E-state index contributed by atoms with van der Waals surface area (Å²) in [6.45, 7) is 0.730. The Balaban J connectivity index is 1.54. The number of amides is 1. The molecule has 7 nitrogen and oxygen atoms in total. The Bertz CT molecular complexity index is 989. The largest absolute Gasteiger partial charge is 0.497 e. The molecule has 0 aliphatic rings. The summed E-state index contributed by atoms with van der Waals surface area (Å²) in [5, 5.41) is 2.87. The van der Waals surface area contributed by atoms with Gasteiger partial charge in [0.1, 0.15) is 11.5 Å². The first-order valence-electron chi connectivity index (χ1n) is 8.68. The van der Waals surface area contributed by atoms with Crippen LogP contribution in [0.3, 0.4) is 0 Å². The number of aryl methyl sites for hydroxylation is 1. The third kappa shape index (κ3) is 4.31. The number of ether oxygens (including phenoxy) is 2. The van der Waals surface area contributed by atoms with Gasteiger partial charge in [-0.05, 0) is 42.3 Å². The zero-order valence-electron chi connectivity index (χ0n) is 15.4. The van der Waals surface area contributed by atoms with Crippen LogP contribution in [0.25, 0.3) is 11.1 Å². The molecule has 0 unspecified atom stereocenters. The summed E-state index contributed by atoms with van der Waals surface area (Å²) in [5.74, 6) is 0.906. The average Bonchev–Trinajstić information content (AvgIpc) is 3.01. The lowest BCUT2D eigenvalue weighted by Gasteiger charge is -2.11. The predicted molar refractivity (Wildman–Crippen MR) is 101 cm³/mol. The van der Waals surface area contributed by atoms with Crippen LogP contribution >= 0.6 is 0 Å². The standard InChI is InChI=1S/C20H22N2O5/c1-25-15-7-8-17(26-2)14(13-15)9-11-21-19(23)10-12-22-16-5-3-4-6-18(16)27-20(22)24/h3-8,13H,9-12H2,1-2H3,(H,21,23). The molecular formula is C20H22N2O5. The molecule has 0 bridgehead atoms. The molecule has 3 rings (SSSR count). The Morgan fingerprint density at radius 3 is 2.74 bits per heavy atom. The second-order valence-corrected chi connectivity index (χ2v) is 6.02. The molecule has 0 saturated heterocycles. The Labute approximate surface area is 156 Å². The topological polar surface area (TPSA) is 82.7 Å². The number of methoxy groups -OCH3 is 2. The zero-order valence-corrected chi connectivity index (χ0v) is 15.4. The first-order chi connectivity index (χ1) is 13.1. The third-order valence-corrected chi connectivity index (χ3v) is 4.34. The van der Waals surface area contributed by atoms with Gasteiger partial charge in [-0.25, -0.2) is 4.79 Å². The van der Waals surface area contributed by atoms with Crippen molar-refractivity contribution in [2.45, 2.75) is 19.4 Å². The first-order valence-corrected chi connectivity index (χ1v) is 8.68. The first kappa shape index (κ1) is 18.6. The van der Waals surface area contributed by atoms with Crippen molar-refractivity contribution in [2.24, 2.45) is 0 Å². The van der Waals surface area contributed by atoms with Crippen LogP contribution in [-0.2, 0) is 17.8 Å². The van der Waals surface area contributed by atoms with Gasteiger partial charge in [-0.15, -0.1) is 0 Å². The van der Waals surface area contributed by atoms with Gasteiger partial charge in [-0.3, -0.25) is 9.36 Å². The fourth-order valence-electron chi connectivity index (χ4n) is 2.94. The number of rotatable bonds is 8. The van der Waals surface area contributed by atoms with Gasteiger partial charge in [-0.1, -0.05) is 12.1 Å². The molecule has 27 heavy (non-hydrogen) atoms. The fourth-order valence-corrected chi connectivity index (χ4v) is 2.94. The molecule has 142 valence electrons. The van der Waals surface area contributed by atoms with Gasteiger partial charge in [0.25, 0.3) is 0 Å². The zero-order chi connectivity index (χ0) is 19.2. The van der Waals surface area contributed by atoms with E-state index in [2.05, 4.69) is 5.32 Å². The van der Waals surface area contributed by atoms with Crippen LogP contribution in [0.4, 0.5) is 0 Å². The average molecular weight is 370 g/mol. The van der Waals surface area contributed by atoms with E-state index in [-0.39, 0.29) is 18.9 Å². The maximum atomic E-state index is 12.1. The summed E-state index contributed by atoms with van der Waals surface area (Å²) < 4.78 is 17.2. The van der Waals surface area contributed by atoms with Gasteiger partial charge >= 0.3 is 5.76 Å². The van der Waals surface area contributed by atoms with Crippen LogP contribution < -0.4 is 20.5 Å². The van der Waals surface area contributed by atoms with E-state index in [0.29, 0.717) is 24.1 Å². The monoisotopic (exact) mass is 370 g/mol. The van der Waals surface area contributed by atoms with E-state index in [1.807, 2.05) is 24.3 Å². The molecule has 0 aliphatic carbocycles. The highest BCUT2D eigenvalue weighted by Crippen LogP contribution is 2.24. The number of nitrogens with one attached hydrogen (secondary N) is 1. The summed E-state index contributed by atoms with van der Waals surface area (Å²) in [6, 6.07) is 12.7. The molecule has 0 fully saturated rings. The number of nitrogens with zero attached hydrogens (tertiary/aromatic N) is 1. The molecule has 0 atom stereocenters. The smallest absolute Gasteiger partial charge is 0.419 e. The van der Waals surface area contributed by atoms with Crippen molar-refractivity contribution in [2.75, 3.05) is 20.8 Å². The molecule has 3 aromatic rings. The Morgan fingerprint density at radius 2 is 1.96 bits per heavy atom. The normalized spacial score (nSPS) is 10.7. The maximum absolute atomic E-state index is 12.1. The van der Waals surface area contributed by atoms with E-state index in [1.54, 1.807) is 32.4 Å². The predicted octanol–water partition coefficient (Wildman–Crippen LogP) is 2.36. The van der Waals surface area contributed by atoms with Crippen molar-refractivity contribution >= 4 is 17.0 Å². The number of hydrogen-bond donors (Lipinski definition) is 1. The lowest BCUT2D eigenvalue weighted by Crippen LogP contribution is -2.28. The highest BCUT2D eigenvalue weighted by atomic mass is 16.5. The number of para-hydroxylation sites is 2. The minimum absolute atomic E-state index is 0.131. The summed E-state index contributed by atoms with van der Waals surface area (Å²) in [4.78, 5) is 24.1. The molecular weight excluding hydrogens is 348 g/mol. The fraction of sp³-hybridized carbons (Fsp3) is 0.300. The molecule has 0 aliphatic heterocycles. The number of carbonyl (C=O) groups excluding carboxylic acids is 1. The molecule has 0 saturated carbocycles. The Kier molecular flexibility index (Phi) is 5.80. The van der Waals surface area contributed by atoms with Gasteiger partial charge in [0, 0.05) is 19.5 Å². The lowest BCUT2D eigenvalue weighted by molar-refractivity contribution is -0.121. The number of carbonyl (C=O) groups is 1. The molecule has 1 heterocycles. The summed E-state index contributed by atoms with van der Waals surface area (Å²) >= 11 is 0. The van der Waals surface area contributed by atoms with Gasteiger partial charge < -0.3 is 19.2 Å². The van der Waals surface area contributed by atoms with Crippen molar-refractivity contribution in [3.63, 3.8) is 0 Å². The van der Waals surface area contributed by atoms with Crippen LogP contribution in [0.15, 0.2) is 51.7 Å². The Hall–Kier alpha value is -3.22. The van der Waals surface area contributed by atoms with Gasteiger partial charge in [-0.2, -0.15) is 0 Å². The van der Waals surface area contributed by atoms with E-state index in [0.717, 1.165) is 17.1 Å². The molecule has 7 heteroatoms. The minimum atomic E-state index is -0.454. The number of benzene rings is 2. The molecule has 2 aromatic carbocycles.